The van der Waals surface area contributed by atoms with E-state index in [1.54, 1.807) is 20.8 Å². The third-order valence-electron chi connectivity index (χ3n) is 2.15. The Bertz CT molecular complexity index is 252. The van der Waals surface area contributed by atoms with Gasteiger partial charge in [0, 0.05) is 6.04 Å². The van der Waals surface area contributed by atoms with Crippen molar-refractivity contribution in [1.82, 2.24) is 5.32 Å². The summed E-state index contributed by atoms with van der Waals surface area (Å²) in [5.74, 6) is 0.219. The van der Waals surface area contributed by atoms with Crippen molar-refractivity contribution >= 4 is 9.84 Å². The van der Waals surface area contributed by atoms with Crippen LogP contribution in [0.25, 0.3) is 0 Å². The molecule has 1 atom stereocenters. The summed E-state index contributed by atoms with van der Waals surface area (Å²) in [6.45, 7) is 10.1. The van der Waals surface area contributed by atoms with Crippen LogP contribution < -0.4 is 5.32 Å². The third-order valence-corrected chi connectivity index (χ3v) is 4.95. The molecule has 0 spiro atoms. The SMILES string of the molecule is CCCNC(C)CS(=O)(=O)C(C)(C)C. The zero-order chi connectivity index (χ0) is 11.4. The van der Waals surface area contributed by atoms with Crippen molar-refractivity contribution in [2.24, 2.45) is 0 Å². The standard InChI is InChI=1S/C10H23NO2S/c1-6-7-11-9(2)8-14(12,13)10(3,4)5/h9,11H,6-8H2,1-5H3. The van der Waals surface area contributed by atoms with E-state index < -0.39 is 14.6 Å². The number of nitrogens with one attached hydrogen (secondary N) is 1. The molecular weight excluding hydrogens is 198 g/mol. The molecule has 14 heavy (non-hydrogen) atoms. The van der Waals surface area contributed by atoms with Crippen molar-refractivity contribution in [2.75, 3.05) is 12.3 Å². The van der Waals surface area contributed by atoms with E-state index in [2.05, 4.69) is 12.2 Å². The Kier molecular flexibility index (Phi) is 5.09. The highest BCUT2D eigenvalue weighted by atomic mass is 32.2. The predicted octanol–water partition coefficient (Wildman–Crippen LogP) is 1.59. The maximum absolute atomic E-state index is 11.8. The topological polar surface area (TPSA) is 46.2 Å². The van der Waals surface area contributed by atoms with E-state index in [-0.39, 0.29) is 11.8 Å². The zero-order valence-corrected chi connectivity index (χ0v) is 10.7. The van der Waals surface area contributed by atoms with Crippen LogP contribution in [-0.2, 0) is 9.84 Å². The molecule has 0 heterocycles. The normalized spacial score (nSPS) is 15.5. The van der Waals surface area contributed by atoms with Gasteiger partial charge in [-0.25, -0.2) is 8.42 Å². The molecule has 1 unspecified atom stereocenters. The molecule has 0 saturated heterocycles. The second-order valence-electron chi connectivity index (χ2n) is 4.75. The monoisotopic (exact) mass is 221 g/mol. The van der Waals surface area contributed by atoms with Crippen LogP contribution in [0.5, 0.6) is 0 Å². The second-order valence-corrected chi connectivity index (χ2v) is 7.54. The Morgan fingerprint density at radius 2 is 1.79 bits per heavy atom. The molecule has 3 nitrogen and oxygen atoms in total. The first-order chi connectivity index (χ1) is 6.20. The molecule has 0 bridgehead atoms. The molecular formula is C10H23NO2S. The Morgan fingerprint density at radius 1 is 1.29 bits per heavy atom. The molecule has 0 amide bonds. The van der Waals surface area contributed by atoms with Crippen LogP contribution >= 0.6 is 0 Å². The van der Waals surface area contributed by atoms with E-state index in [1.807, 2.05) is 6.92 Å². The minimum Gasteiger partial charge on any atom is -0.313 e. The molecule has 0 radical (unpaired) electrons. The number of hydrogen-bond acceptors (Lipinski definition) is 3. The Morgan fingerprint density at radius 3 is 2.14 bits per heavy atom. The van der Waals surface area contributed by atoms with Crippen LogP contribution in [-0.4, -0.2) is 31.5 Å². The van der Waals surface area contributed by atoms with Crippen LogP contribution in [0.3, 0.4) is 0 Å². The molecule has 4 heteroatoms. The van der Waals surface area contributed by atoms with Crippen molar-refractivity contribution in [3.05, 3.63) is 0 Å². The van der Waals surface area contributed by atoms with Crippen molar-refractivity contribution < 1.29 is 8.42 Å². The number of hydrogen-bond donors (Lipinski definition) is 1. The maximum atomic E-state index is 11.8. The summed E-state index contributed by atoms with van der Waals surface area (Å²) in [6, 6.07) is 0.0409. The summed E-state index contributed by atoms with van der Waals surface area (Å²) < 4.78 is 22.9. The lowest BCUT2D eigenvalue weighted by molar-refractivity contribution is 0.532. The van der Waals surface area contributed by atoms with Gasteiger partial charge in [0.05, 0.1) is 10.5 Å². The fraction of sp³-hybridized carbons (Fsp3) is 1.00. The van der Waals surface area contributed by atoms with E-state index in [0.29, 0.717) is 0 Å². The van der Waals surface area contributed by atoms with E-state index >= 15 is 0 Å². The molecule has 0 aromatic carbocycles. The van der Waals surface area contributed by atoms with Gasteiger partial charge in [-0.05, 0) is 40.7 Å². The summed E-state index contributed by atoms with van der Waals surface area (Å²) in [7, 11) is -2.99. The summed E-state index contributed by atoms with van der Waals surface area (Å²) >= 11 is 0. The molecule has 0 rings (SSSR count). The molecule has 0 aromatic rings. The van der Waals surface area contributed by atoms with Gasteiger partial charge in [0.2, 0.25) is 0 Å². The lowest BCUT2D eigenvalue weighted by Gasteiger charge is -2.22. The van der Waals surface area contributed by atoms with Crippen molar-refractivity contribution in [3.8, 4) is 0 Å². The fourth-order valence-corrected chi connectivity index (χ4v) is 2.30. The van der Waals surface area contributed by atoms with Gasteiger partial charge in [0.15, 0.2) is 9.84 Å². The molecule has 86 valence electrons. The van der Waals surface area contributed by atoms with Gasteiger partial charge in [0.1, 0.15) is 0 Å². The summed E-state index contributed by atoms with van der Waals surface area (Å²) in [4.78, 5) is 0. The minimum atomic E-state index is -2.99. The number of sulfone groups is 1. The third kappa shape index (κ3) is 4.42. The van der Waals surface area contributed by atoms with E-state index in [9.17, 15) is 8.42 Å². The maximum Gasteiger partial charge on any atom is 0.156 e. The van der Waals surface area contributed by atoms with Gasteiger partial charge in [-0.1, -0.05) is 6.92 Å². The first-order valence-electron chi connectivity index (χ1n) is 5.16. The minimum absolute atomic E-state index is 0.0409. The molecule has 0 aliphatic heterocycles. The van der Waals surface area contributed by atoms with Crippen molar-refractivity contribution in [3.63, 3.8) is 0 Å². The lowest BCUT2D eigenvalue weighted by atomic mass is 10.3. The van der Waals surface area contributed by atoms with Crippen LogP contribution in [0.2, 0.25) is 0 Å². The van der Waals surface area contributed by atoms with Crippen LogP contribution in [0, 0.1) is 0 Å². The Hall–Kier alpha value is -0.0900. The highest BCUT2D eigenvalue weighted by Gasteiger charge is 2.30. The van der Waals surface area contributed by atoms with Gasteiger partial charge in [-0.15, -0.1) is 0 Å². The Balaban J connectivity index is 4.24. The first kappa shape index (κ1) is 13.9. The zero-order valence-electron chi connectivity index (χ0n) is 9.92. The molecule has 0 fully saturated rings. The second kappa shape index (κ2) is 5.12. The molecule has 0 saturated carbocycles. The Labute approximate surface area is 88.2 Å². The molecule has 0 aliphatic rings. The van der Waals surface area contributed by atoms with Gasteiger partial charge >= 0.3 is 0 Å². The summed E-state index contributed by atoms with van der Waals surface area (Å²) in [5.41, 5.74) is 0. The van der Waals surface area contributed by atoms with Gasteiger partial charge in [-0.2, -0.15) is 0 Å². The highest BCUT2D eigenvalue weighted by molar-refractivity contribution is 7.92. The quantitative estimate of drug-likeness (QED) is 0.767. The van der Waals surface area contributed by atoms with E-state index in [4.69, 9.17) is 0 Å². The molecule has 0 aromatic heterocycles. The van der Waals surface area contributed by atoms with Gasteiger partial charge in [0.25, 0.3) is 0 Å². The highest BCUT2D eigenvalue weighted by Crippen LogP contribution is 2.16. The lowest BCUT2D eigenvalue weighted by Crippen LogP contribution is -2.40. The van der Waals surface area contributed by atoms with Crippen LogP contribution in [0.4, 0.5) is 0 Å². The first-order valence-corrected chi connectivity index (χ1v) is 6.81. The summed E-state index contributed by atoms with van der Waals surface area (Å²) in [5, 5.41) is 3.18. The number of rotatable bonds is 5. The van der Waals surface area contributed by atoms with Crippen molar-refractivity contribution in [1.29, 1.82) is 0 Å². The van der Waals surface area contributed by atoms with Gasteiger partial charge < -0.3 is 5.32 Å². The molecule has 1 N–H and O–H groups in total. The average molecular weight is 221 g/mol. The summed E-state index contributed by atoms with van der Waals surface area (Å²) in [6.07, 6.45) is 1.03. The fourth-order valence-electron chi connectivity index (χ4n) is 1.03. The van der Waals surface area contributed by atoms with Crippen LogP contribution in [0.15, 0.2) is 0 Å². The largest absolute Gasteiger partial charge is 0.313 e. The predicted molar refractivity (Wildman–Crippen MR) is 61.3 cm³/mol. The smallest absolute Gasteiger partial charge is 0.156 e. The van der Waals surface area contributed by atoms with Crippen molar-refractivity contribution in [2.45, 2.75) is 51.8 Å². The van der Waals surface area contributed by atoms with E-state index in [1.165, 1.54) is 0 Å². The van der Waals surface area contributed by atoms with Crippen LogP contribution in [0.1, 0.15) is 41.0 Å². The average Bonchev–Trinajstić information content (AvgIpc) is 1.97. The molecule has 0 aliphatic carbocycles. The van der Waals surface area contributed by atoms with E-state index in [0.717, 1.165) is 13.0 Å². The van der Waals surface area contributed by atoms with Gasteiger partial charge in [-0.3, -0.25) is 0 Å².